The lowest BCUT2D eigenvalue weighted by molar-refractivity contribution is -0.148. The van der Waals surface area contributed by atoms with E-state index in [0.29, 0.717) is 6.42 Å². The summed E-state index contributed by atoms with van der Waals surface area (Å²) >= 11 is 0. The first-order chi connectivity index (χ1) is 13.2. The molecule has 2 saturated heterocycles. The predicted molar refractivity (Wildman–Crippen MR) is 109 cm³/mol. The van der Waals surface area contributed by atoms with Crippen molar-refractivity contribution < 1.29 is 19.4 Å². The van der Waals surface area contributed by atoms with Crippen molar-refractivity contribution in [2.45, 2.75) is 128 Å². The lowest BCUT2D eigenvalue weighted by atomic mass is 10.0. The van der Waals surface area contributed by atoms with Crippen molar-refractivity contribution in [3.05, 3.63) is 12.2 Å². The minimum atomic E-state index is -0.417. The molecule has 2 rings (SSSR count). The van der Waals surface area contributed by atoms with Gasteiger partial charge in [-0.3, -0.25) is 4.79 Å². The van der Waals surface area contributed by atoms with Gasteiger partial charge in [-0.2, -0.15) is 0 Å². The Labute approximate surface area is 165 Å². The van der Waals surface area contributed by atoms with E-state index in [2.05, 4.69) is 19.1 Å². The number of unbranched alkanes of at least 4 members (excludes halogenated alkanes) is 8. The number of aliphatic hydroxyl groups excluding tert-OH is 1. The number of aliphatic hydroxyl groups is 1. The van der Waals surface area contributed by atoms with Gasteiger partial charge in [0, 0.05) is 6.42 Å². The molecule has 0 radical (unpaired) electrons. The molecule has 4 atom stereocenters. The Morgan fingerprint density at radius 2 is 1.67 bits per heavy atom. The highest BCUT2D eigenvalue weighted by atomic mass is 16.6. The normalized spacial score (nSPS) is 26.7. The Kier molecular flexibility index (Phi) is 11.1. The largest absolute Gasteiger partial charge is 0.460 e. The van der Waals surface area contributed by atoms with Crippen LogP contribution < -0.4 is 0 Å². The van der Waals surface area contributed by atoms with Crippen LogP contribution in [0, 0.1) is 0 Å². The van der Waals surface area contributed by atoms with E-state index in [4.69, 9.17) is 9.47 Å². The van der Waals surface area contributed by atoms with Gasteiger partial charge in [-0.1, -0.05) is 64.0 Å². The molecule has 2 aliphatic rings. The lowest BCUT2D eigenvalue weighted by Crippen LogP contribution is -2.30. The number of rotatable bonds is 14. The quantitative estimate of drug-likeness (QED) is 0.247. The van der Waals surface area contributed by atoms with Crippen LogP contribution in [0.1, 0.15) is 103 Å². The molecule has 0 aromatic carbocycles. The molecule has 0 unspecified atom stereocenters. The van der Waals surface area contributed by atoms with Crippen LogP contribution in [0.15, 0.2) is 12.2 Å². The van der Waals surface area contributed by atoms with Gasteiger partial charge in [-0.15, -0.1) is 0 Å². The molecule has 2 aliphatic heterocycles. The van der Waals surface area contributed by atoms with Crippen LogP contribution in [-0.2, 0) is 14.3 Å². The smallest absolute Gasteiger partial charge is 0.306 e. The molecule has 0 saturated carbocycles. The molecule has 0 amide bonds. The zero-order valence-electron chi connectivity index (χ0n) is 17.2. The Balaban J connectivity index is 1.44. The molecule has 2 fully saturated rings. The average molecular weight is 381 g/mol. The molecule has 0 bridgehead atoms. The van der Waals surface area contributed by atoms with E-state index in [0.717, 1.165) is 38.5 Å². The van der Waals surface area contributed by atoms with E-state index in [1.165, 1.54) is 51.4 Å². The maximum Gasteiger partial charge on any atom is 0.306 e. The second-order valence-electron chi connectivity index (χ2n) is 8.24. The fraction of sp³-hybridized carbons (Fsp3) is 0.870. The second kappa shape index (κ2) is 13.3. The van der Waals surface area contributed by atoms with Crippen LogP contribution in [0.4, 0.5) is 0 Å². The van der Waals surface area contributed by atoms with E-state index in [-0.39, 0.29) is 24.3 Å². The van der Waals surface area contributed by atoms with E-state index in [1.807, 2.05) is 0 Å². The van der Waals surface area contributed by atoms with Crippen molar-refractivity contribution in [1.29, 1.82) is 0 Å². The average Bonchev–Trinajstić information content (AvgIpc) is 3.31. The number of ether oxygens (including phenoxy) is 2. The number of hydrogen-bond acceptors (Lipinski definition) is 4. The van der Waals surface area contributed by atoms with Crippen LogP contribution in [0.25, 0.3) is 0 Å². The molecule has 27 heavy (non-hydrogen) atoms. The zero-order chi connectivity index (χ0) is 19.3. The maximum atomic E-state index is 11.2. The second-order valence-corrected chi connectivity index (χ2v) is 8.24. The first-order valence-electron chi connectivity index (χ1n) is 11.4. The van der Waals surface area contributed by atoms with Crippen LogP contribution >= 0.6 is 0 Å². The van der Waals surface area contributed by atoms with Gasteiger partial charge in [-0.25, -0.2) is 0 Å². The molecule has 1 N–H and O–H groups in total. The van der Waals surface area contributed by atoms with Gasteiger partial charge in [-0.05, 0) is 44.9 Å². The number of esters is 1. The summed E-state index contributed by atoms with van der Waals surface area (Å²) in [5, 5.41) is 10.4. The molecule has 4 nitrogen and oxygen atoms in total. The van der Waals surface area contributed by atoms with E-state index in [9.17, 15) is 9.90 Å². The molecular weight excluding hydrogens is 340 g/mol. The van der Waals surface area contributed by atoms with Crippen LogP contribution in [0.5, 0.6) is 0 Å². The topological polar surface area (TPSA) is 55.8 Å². The van der Waals surface area contributed by atoms with Crippen molar-refractivity contribution >= 4 is 5.97 Å². The first-order valence-corrected chi connectivity index (χ1v) is 11.4. The third-order valence-electron chi connectivity index (χ3n) is 5.87. The van der Waals surface area contributed by atoms with Gasteiger partial charge in [0.15, 0.2) is 0 Å². The van der Waals surface area contributed by atoms with Crippen LogP contribution in [0.2, 0.25) is 0 Å². The van der Waals surface area contributed by atoms with E-state index < -0.39 is 6.10 Å². The third kappa shape index (κ3) is 8.78. The molecule has 0 aliphatic carbocycles. The predicted octanol–water partition coefficient (Wildman–Crippen LogP) is 5.47. The van der Waals surface area contributed by atoms with Crippen molar-refractivity contribution in [2.75, 3.05) is 0 Å². The third-order valence-corrected chi connectivity index (χ3v) is 5.87. The van der Waals surface area contributed by atoms with Crippen molar-refractivity contribution in [2.24, 2.45) is 0 Å². The molecule has 2 heterocycles. The summed E-state index contributed by atoms with van der Waals surface area (Å²) in [5.41, 5.74) is 0. The highest BCUT2D eigenvalue weighted by molar-refractivity contribution is 5.71. The maximum absolute atomic E-state index is 11.2. The number of carbonyl (C=O) groups excluding carboxylic acids is 1. The molecular formula is C23H40O4. The Hall–Kier alpha value is -0.870. The summed E-state index contributed by atoms with van der Waals surface area (Å²) < 4.78 is 11.3. The summed E-state index contributed by atoms with van der Waals surface area (Å²) in [6, 6.07) is 0. The Morgan fingerprint density at radius 3 is 2.37 bits per heavy atom. The number of cyclic esters (lactones) is 1. The van der Waals surface area contributed by atoms with Gasteiger partial charge in [0.2, 0.25) is 0 Å². The number of hydrogen-bond donors (Lipinski definition) is 1. The minimum absolute atomic E-state index is 0.0198. The van der Waals surface area contributed by atoms with E-state index >= 15 is 0 Å². The highest BCUT2D eigenvalue weighted by Gasteiger charge is 2.39. The summed E-state index contributed by atoms with van der Waals surface area (Å²) in [7, 11) is 0. The fourth-order valence-corrected chi connectivity index (χ4v) is 4.14. The summed E-state index contributed by atoms with van der Waals surface area (Å²) in [6.07, 6.45) is 20.5. The Bertz CT molecular complexity index is 434. The molecule has 4 heteroatoms. The van der Waals surface area contributed by atoms with E-state index in [1.54, 1.807) is 0 Å². The Morgan fingerprint density at radius 1 is 0.963 bits per heavy atom. The fourth-order valence-electron chi connectivity index (χ4n) is 4.14. The van der Waals surface area contributed by atoms with Crippen LogP contribution in [-0.4, -0.2) is 35.5 Å². The molecule has 0 spiro atoms. The van der Waals surface area contributed by atoms with Gasteiger partial charge < -0.3 is 14.6 Å². The highest BCUT2D eigenvalue weighted by Crippen LogP contribution is 2.31. The standard InChI is InChI=1S/C23H40O4/c1-2-3-4-5-6-7-8-9-10-11-12-13-14-19(24)20-15-16-21(26-20)22-17-18-23(25)27-22/h11-12,19-22,24H,2-10,13-18H2,1H3/b12-11+/t19-,20+,21+,22+/m0/s1. The lowest BCUT2D eigenvalue weighted by Gasteiger charge is -2.21. The van der Waals surface area contributed by atoms with Gasteiger partial charge >= 0.3 is 5.97 Å². The SMILES string of the molecule is CCCCCCCCCC/C=C/CC[C@H](O)[C@H]1CC[C@H]([C@H]2CCC(=O)O2)O1. The number of carbonyl (C=O) groups is 1. The number of allylic oxidation sites excluding steroid dienone is 2. The minimum Gasteiger partial charge on any atom is -0.460 e. The summed E-state index contributed by atoms with van der Waals surface area (Å²) in [4.78, 5) is 11.2. The van der Waals surface area contributed by atoms with Crippen molar-refractivity contribution in [3.63, 3.8) is 0 Å². The van der Waals surface area contributed by atoms with Gasteiger partial charge in [0.1, 0.15) is 6.10 Å². The van der Waals surface area contributed by atoms with Gasteiger partial charge in [0.25, 0.3) is 0 Å². The van der Waals surface area contributed by atoms with Crippen molar-refractivity contribution in [1.82, 2.24) is 0 Å². The summed E-state index contributed by atoms with van der Waals surface area (Å²) in [6.45, 7) is 2.26. The van der Waals surface area contributed by atoms with Crippen molar-refractivity contribution in [3.8, 4) is 0 Å². The van der Waals surface area contributed by atoms with Gasteiger partial charge in [0.05, 0.1) is 18.3 Å². The van der Waals surface area contributed by atoms with Crippen LogP contribution in [0.3, 0.4) is 0 Å². The summed E-state index contributed by atoms with van der Waals surface area (Å²) in [5.74, 6) is -0.116. The zero-order valence-corrected chi connectivity index (χ0v) is 17.2. The monoisotopic (exact) mass is 380 g/mol. The first kappa shape index (κ1) is 22.4. The molecule has 156 valence electrons. The molecule has 0 aromatic heterocycles. The molecule has 0 aromatic rings.